The van der Waals surface area contributed by atoms with Crippen molar-refractivity contribution in [1.82, 2.24) is 4.72 Å². The first-order valence-electron chi connectivity index (χ1n) is 4.95. The van der Waals surface area contributed by atoms with Gasteiger partial charge in [-0.2, -0.15) is 0 Å². The van der Waals surface area contributed by atoms with Gasteiger partial charge in [0.15, 0.2) is 0 Å². The van der Waals surface area contributed by atoms with Crippen molar-refractivity contribution in [2.75, 3.05) is 0 Å². The van der Waals surface area contributed by atoms with Gasteiger partial charge in [-0.1, -0.05) is 0 Å². The molecule has 0 bridgehead atoms. The average molecular weight is 231 g/mol. The first-order chi connectivity index (χ1) is 6.92. The van der Waals surface area contributed by atoms with Gasteiger partial charge in [-0.05, 0) is 32.9 Å². The van der Waals surface area contributed by atoms with Gasteiger partial charge < -0.3 is 4.42 Å². The monoisotopic (exact) mass is 231 g/mol. The molecule has 1 unspecified atom stereocenters. The molecule has 0 saturated heterocycles. The van der Waals surface area contributed by atoms with Gasteiger partial charge in [0.1, 0.15) is 5.76 Å². The molecule has 5 heteroatoms. The number of furan rings is 1. The van der Waals surface area contributed by atoms with Crippen LogP contribution in [-0.2, 0) is 16.4 Å². The minimum absolute atomic E-state index is 0.149. The Hall–Kier alpha value is -0.810. The third-order valence-electron chi connectivity index (χ3n) is 2.07. The Morgan fingerprint density at radius 2 is 2.07 bits per heavy atom. The fourth-order valence-electron chi connectivity index (χ4n) is 1.19. The van der Waals surface area contributed by atoms with Gasteiger partial charge in [0.2, 0.25) is 10.0 Å². The van der Waals surface area contributed by atoms with E-state index >= 15 is 0 Å². The van der Waals surface area contributed by atoms with E-state index in [0.717, 1.165) is 5.76 Å². The van der Waals surface area contributed by atoms with Gasteiger partial charge in [-0.25, -0.2) is 13.1 Å². The van der Waals surface area contributed by atoms with Crippen molar-refractivity contribution >= 4 is 10.0 Å². The lowest BCUT2D eigenvalue weighted by molar-refractivity contribution is 0.478. The predicted molar refractivity (Wildman–Crippen MR) is 59.1 cm³/mol. The van der Waals surface area contributed by atoms with Crippen LogP contribution in [0.3, 0.4) is 0 Å². The van der Waals surface area contributed by atoms with Crippen LogP contribution in [0.2, 0.25) is 0 Å². The molecule has 0 aliphatic carbocycles. The summed E-state index contributed by atoms with van der Waals surface area (Å²) in [5.41, 5.74) is 0. The number of hydrogen-bond donors (Lipinski definition) is 1. The molecule has 1 aromatic heterocycles. The van der Waals surface area contributed by atoms with Gasteiger partial charge in [0.25, 0.3) is 0 Å². The van der Waals surface area contributed by atoms with Gasteiger partial charge in [-0.3, -0.25) is 0 Å². The van der Waals surface area contributed by atoms with Crippen LogP contribution >= 0.6 is 0 Å². The molecule has 0 aliphatic heterocycles. The van der Waals surface area contributed by atoms with E-state index < -0.39 is 15.3 Å². The van der Waals surface area contributed by atoms with Crippen molar-refractivity contribution in [3.63, 3.8) is 0 Å². The molecule has 1 rings (SSSR count). The first-order valence-corrected chi connectivity index (χ1v) is 6.50. The number of sulfonamides is 1. The Bertz CT molecular complexity index is 381. The zero-order valence-electron chi connectivity index (χ0n) is 9.23. The Kier molecular flexibility index (Phi) is 3.93. The minimum Gasteiger partial charge on any atom is -0.469 e. The summed E-state index contributed by atoms with van der Waals surface area (Å²) in [6, 6.07) is 3.47. The fraction of sp³-hybridized carbons (Fsp3) is 0.600. The summed E-state index contributed by atoms with van der Waals surface area (Å²) in [6.45, 7) is 5.13. The maximum Gasteiger partial charge on any atom is 0.214 e. The second kappa shape index (κ2) is 4.81. The summed E-state index contributed by atoms with van der Waals surface area (Å²) in [7, 11) is -3.19. The summed E-state index contributed by atoms with van der Waals surface area (Å²) in [5.74, 6) is 0.786. The SMILES string of the molecule is CC(Cc1ccco1)NS(=O)(=O)C(C)C. The van der Waals surface area contributed by atoms with Gasteiger partial charge in [0, 0.05) is 12.5 Å². The number of hydrogen-bond acceptors (Lipinski definition) is 3. The predicted octanol–water partition coefficient (Wildman–Crippen LogP) is 1.54. The third-order valence-corrected chi connectivity index (χ3v) is 4.05. The van der Waals surface area contributed by atoms with Crippen molar-refractivity contribution in [3.05, 3.63) is 24.2 Å². The molecule has 1 aromatic rings. The summed E-state index contributed by atoms with van der Waals surface area (Å²) in [6.07, 6.45) is 2.15. The number of rotatable bonds is 5. The van der Waals surface area contributed by atoms with Crippen LogP contribution in [0.4, 0.5) is 0 Å². The van der Waals surface area contributed by atoms with Crippen LogP contribution in [0, 0.1) is 0 Å². The highest BCUT2D eigenvalue weighted by atomic mass is 32.2. The van der Waals surface area contributed by atoms with E-state index in [-0.39, 0.29) is 6.04 Å². The Morgan fingerprint density at radius 1 is 1.40 bits per heavy atom. The van der Waals surface area contributed by atoms with E-state index in [1.807, 2.05) is 13.0 Å². The van der Waals surface area contributed by atoms with Crippen molar-refractivity contribution in [1.29, 1.82) is 0 Å². The summed E-state index contributed by atoms with van der Waals surface area (Å²) in [4.78, 5) is 0. The van der Waals surface area contributed by atoms with Crippen molar-refractivity contribution < 1.29 is 12.8 Å². The van der Waals surface area contributed by atoms with Crippen LogP contribution in [0.15, 0.2) is 22.8 Å². The van der Waals surface area contributed by atoms with E-state index in [1.165, 1.54) is 0 Å². The highest BCUT2D eigenvalue weighted by Gasteiger charge is 2.19. The average Bonchev–Trinajstić information content (AvgIpc) is 2.54. The van der Waals surface area contributed by atoms with Crippen LogP contribution in [0.25, 0.3) is 0 Å². The molecule has 0 aliphatic rings. The van der Waals surface area contributed by atoms with E-state index in [0.29, 0.717) is 6.42 Å². The van der Waals surface area contributed by atoms with E-state index in [4.69, 9.17) is 4.42 Å². The van der Waals surface area contributed by atoms with Crippen molar-refractivity contribution in [2.45, 2.75) is 38.5 Å². The Balaban J connectivity index is 2.53. The van der Waals surface area contributed by atoms with E-state index in [2.05, 4.69) is 4.72 Å². The van der Waals surface area contributed by atoms with Crippen LogP contribution in [-0.4, -0.2) is 19.7 Å². The molecule has 4 nitrogen and oxygen atoms in total. The van der Waals surface area contributed by atoms with Crippen LogP contribution < -0.4 is 4.72 Å². The van der Waals surface area contributed by atoms with Crippen LogP contribution in [0.1, 0.15) is 26.5 Å². The second-order valence-corrected chi connectivity index (χ2v) is 6.16. The molecule has 0 saturated carbocycles. The summed E-state index contributed by atoms with van der Waals surface area (Å²) in [5, 5.41) is -0.406. The first kappa shape index (κ1) is 12.3. The molecule has 0 aromatic carbocycles. The highest BCUT2D eigenvalue weighted by molar-refractivity contribution is 7.90. The molecule has 15 heavy (non-hydrogen) atoms. The zero-order valence-corrected chi connectivity index (χ0v) is 10.0. The largest absolute Gasteiger partial charge is 0.469 e. The third kappa shape index (κ3) is 3.68. The molecule has 1 atom stereocenters. The molecule has 0 amide bonds. The molecular formula is C10H17NO3S. The minimum atomic E-state index is -3.19. The van der Waals surface area contributed by atoms with Gasteiger partial charge >= 0.3 is 0 Å². The molecular weight excluding hydrogens is 214 g/mol. The summed E-state index contributed by atoms with van der Waals surface area (Å²) < 4.78 is 30.8. The molecule has 1 N–H and O–H groups in total. The van der Waals surface area contributed by atoms with Crippen LogP contribution in [0.5, 0.6) is 0 Å². The lowest BCUT2D eigenvalue weighted by Crippen LogP contribution is -2.38. The maximum atomic E-state index is 11.5. The highest BCUT2D eigenvalue weighted by Crippen LogP contribution is 2.06. The molecule has 0 fully saturated rings. The summed E-state index contributed by atoms with van der Waals surface area (Å²) >= 11 is 0. The Labute approximate surface area is 90.7 Å². The lowest BCUT2D eigenvalue weighted by atomic mass is 10.2. The second-order valence-electron chi connectivity index (χ2n) is 3.90. The lowest BCUT2D eigenvalue weighted by Gasteiger charge is -2.14. The number of nitrogens with one attached hydrogen (secondary N) is 1. The molecule has 1 heterocycles. The quantitative estimate of drug-likeness (QED) is 0.836. The maximum absolute atomic E-state index is 11.5. The zero-order chi connectivity index (χ0) is 11.5. The normalized spacial score (nSPS) is 14.4. The van der Waals surface area contributed by atoms with E-state index in [1.54, 1.807) is 26.2 Å². The van der Waals surface area contributed by atoms with Gasteiger partial charge in [0.05, 0.1) is 11.5 Å². The molecule has 0 radical (unpaired) electrons. The Morgan fingerprint density at radius 3 is 2.53 bits per heavy atom. The molecule has 86 valence electrons. The van der Waals surface area contributed by atoms with E-state index in [9.17, 15) is 8.42 Å². The van der Waals surface area contributed by atoms with Crippen molar-refractivity contribution in [2.24, 2.45) is 0 Å². The topological polar surface area (TPSA) is 59.3 Å². The smallest absolute Gasteiger partial charge is 0.214 e. The fourth-order valence-corrected chi connectivity index (χ4v) is 2.11. The standard InChI is InChI=1S/C10H17NO3S/c1-8(2)15(12,13)11-9(3)7-10-5-4-6-14-10/h4-6,8-9,11H,7H2,1-3H3. The molecule has 0 spiro atoms. The van der Waals surface area contributed by atoms with Gasteiger partial charge in [-0.15, -0.1) is 0 Å². The van der Waals surface area contributed by atoms with Crippen molar-refractivity contribution in [3.8, 4) is 0 Å².